The average Bonchev–Trinajstić information content (AvgIpc) is 3.52. The van der Waals surface area contributed by atoms with E-state index in [-0.39, 0.29) is 36.0 Å². The van der Waals surface area contributed by atoms with Crippen LogP contribution < -0.4 is 10.1 Å². The van der Waals surface area contributed by atoms with Gasteiger partial charge in [-0.3, -0.25) is 9.59 Å². The molecule has 1 saturated heterocycles. The topological polar surface area (TPSA) is 131 Å². The molecule has 3 aliphatic rings. The molecule has 2 aromatic rings. The number of Topliss-reactive ketones (excluding diaryl/α,β-unsaturated/α-hetero) is 1. The lowest BCUT2D eigenvalue weighted by atomic mass is 9.85. The molecule has 2 amide bonds. The van der Waals surface area contributed by atoms with Crippen LogP contribution in [0.25, 0.3) is 11.0 Å². The number of nitrogens with zero attached hydrogens (tertiary/aromatic N) is 3. The lowest BCUT2D eigenvalue weighted by Gasteiger charge is -2.35. The Labute approximate surface area is 241 Å². The Hall–Kier alpha value is -3.43. The second kappa shape index (κ2) is 11.4. The first-order valence-corrected chi connectivity index (χ1v) is 14.9. The zero-order valence-corrected chi connectivity index (χ0v) is 24.7. The number of aromatic nitrogens is 2. The monoisotopic (exact) mass is 566 g/mol. The summed E-state index contributed by atoms with van der Waals surface area (Å²) in [4.78, 5) is 51.2. The second-order valence-electron chi connectivity index (χ2n) is 12.9. The van der Waals surface area contributed by atoms with Gasteiger partial charge in [0.25, 0.3) is 0 Å². The van der Waals surface area contributed by atoms with Gasteiger partial charge in [0.15, 0.2) is 5.78 Å². The quantitative estimate of drug-likeness (QED) is 0.541. The van der Waals surface area contributed by atoms with Crippen molar-refractivity contribution in [2.24, 2.45) is 17.3 Å². The second-order valence-corrected chi connectivity index (χ2v) is 12.9. The van der Waals surface area contributed by atoms with E-state index in [0.717, 1.165) is 37.8 Å². The van der Waals surface area contributed by atoms with Crippen LogP contribution in [0.5, 0.6) is 11.6 Å². The van der Waals surface area contributed by atoms with Gasteiger partial charge >= 0.3 is 6.09 Å². The van der Waals surface area contributed by atoms with Crippen molar-refractivity contribution < 1.29 is 29.0 Å². The third kappa shape index (κ3) is 6.26. The van der Waals surface area contributed by atoms with Crippen LogP contribution in [0.1, 0.15) is 78.8 Å². The molecular weight excluding hydrogens is 524 g/mol. The van der Waals surface area contributed by atoms with Gasteiger partial charge in [0.05, 0.1) is 23.6 Å². The van der Waals surface area contributed by atoms with Crippen molar-refractivity contribution in [3.63, 3.8) is 0 Å². The van der Waals surface area contributed by atoms with Crippen molar-refractivity contribution >= 4 is 28.8 Å². The molecule has 2 fully saturated rings. The Morgan fingerprint density at radius 1 is 1.10 bits per heavy atom. The molecule has 6 atom stereocenters. The van der Waals surface area contributed by atoms with Gasteiger partial charge in [-0.15, -0.1) is 0 Å². The first-order valence-electron chi connectivity index (χ1n) is 14.9. The summed E-state index contributed by atoms with van der Waals surface area (Å²) >= 11 is 0. The van der Waals surface area contributed by atoms with Crippen molar-refractivity contribution in [1.82, 2.24) is 20.2 Å². The van der Waals surface area contributed by atoms with Gasteiger partial charge in [-0.2, -0.15) is 0 Å². The van der Waals surface area contributed by atoms with Crippen LogP contribution in [-0.2, 0) is 20.7 Å². The third-order valence-electron chi connectivity index (χ3n) is 8.69. The number of aryl methyl sites for hydroxylation is 1. The van der Waals surface area contributed by atoms with E-state index in [1.165, 1.54) is 6.92 Å². The number of hydrogen-bond donors (Lipinski definition) is 2. The Morgan fingerprint density at radius 2 is 1.88 bits per heavy atom. The van der Waals surface area contributed by atoms with Crippen LogP contribution >= 0.6 is 0 Å². The van der Waals surface area contributed by atoms with E-state index in [4.69, 9.17) is 19.4 Å². The normalized spacial score (nSPS) is 29.3. The number of aromatic hydroxyl groups is 1. The Balaban J connectivity index is 1.53. The van der Waals surface area contributed by atoms with Crippen LogP contribution in [-0.4, -0.2) is 68.6 Å². The first-order chi connectivity index (χ1) is 19.5. The van der Waals surface area contributed by atoms with Crippen LogP contribution in [0.2, 0.25) is 0 Å². The third-order valence-corrected chi connectivity index (χ3v) is 8.69. The predicted octanol–water partition coefficient (Wildman–Crippen LogP) is 4.55. The molecule has 2 N–H and O–H groups in total. The van der Waals surface area contributed by atoms with Gasteiger partial charge in [-0.25, -0.2) is 14.8 Å². The predicted molar refractivity (Wildman–Crippen MR) is 153 cm³/mol. The number of phenols is 1. The minimum absolute atomic E-state index is 0.0882. The van der Waals surface area contributed by atoms with Gasteiger partial charge in [0, 0.05) is 12.0 Å². The van der Waals surface area contributed by atoms with Crippen molar-refractivity contribution in [1.29, 1.82) is 0 Å². The number of nitrogens with one attached hydrogen (secondary N) is 1. The molecule has 3 heterocycles. The summed E-state index contributed by atoms with van der Waals surface area (Å²) in [5.41, 5.74) is 1.30. The van der Waals surface area contributed by atoms with Crippen LogP contribution in [0.3, 0.4) is 0 Å². The number of alkyl carbamates (subject to hydrolysis) is 1. The minimum Gasteiger partial charge on any atom is -0.508 e. The summed E-state index contributed by atoms with van der Waals surface area (Å²) < 4.78 is 12.3. The fraction of sp³-hybridized carbons (Fsp3) is 0.645. The van der Waals surface area contributed by atoms with Crippen molar-refractivity contribution in [3.8, 4) is 11.6 Å². The smallest absolute Gasteiger partial charge is 0.408 e. The van der Waals surface area contributed by atoms with E-state index in [9.17, 15) is 19.5 Å². The zero-order chi connectivity index (χ0) is 29.5. The van der Waals surface area contributed by atoms with Gasteiger partial charge in [0.2, 0.25) is 11.8 Å². The molecule has 1 aromatic heterocycles. The molecule has 1 aliphatic carbocycles. The van der Waals surface area contributed by atoms with E-state index in [1.807, 2.05) is 27.7 Å². The molecule has 0 unspecified atom stereocenters. The first kappa shape index (κ1) is 29.1. The van der Waals surface area contributed by atoms with E-state index in [1.54, 1.807) is 23.1 Å². The SMILES string of the molecule is CC[C@@H]1[C@@H]2CN(C(=O)[C@H](C(C)(C)C)NC(=O)O[C@@H]3C[C@H]3CCCCCc3nc4ccc(O)cc4nc3O2)[C@@H]1C(C)=O. The fourth-order valence-electron chi connectivity index (χ4n) is 6.35. The number of ketones is 1. The highest BCUT2D eigenvalue weighted by Gasteiger charge is 2.50. The fourth-order valence-corrected chi connectivity index (χ4v) is 6.35. The van der Waals surface area contributed by atoms with Gasteiger partial charge in [-0.05, 0) is 62.5 Å². The Morgan fingerprint density at radius 3 is 2.59 bits per heavy atom. The molecule has 0 spiro atoms. The van der Waals surface area contributed by atoms with Crippen molar-refractivity contribution in [2.75, 3.05) is 6.54 Å². The van der Waals surface area contributed by atoms with Gasteiger partial charge in [0.1, 0.15) is 29.7 Å². The number of amides is 2. The molecule has 2 bridgehead atoms. The Bertz CT molecular complexity index is 1320. The van der Waals surface area contributed by atoms with E-state index < -0.39 is 29.7 Å². The van der Waals surface area contributed by atoms with Crippen LogP contribution in [0.15, 0.2) is 18.2 Å². The highest BCUT2D eigenvalue weighted by atomic mass is 16.6. The maximum absolute atomic E-state index is 14.1. The maximum atomic E-state index is 14.1. The average molecular weight is 567 g/mol. The van der Waals surface area contributed by atoms with Crippen LogP contribution in [0.4, 0.5) is 4.79 Å². The number of ether oxygens (including phenoxy) is 2. The molecular formula is C31H42N4O6. The van der Waals surface area contributed by atoms with E-state index in [2.05, 4.69) is 5.32 Å². The number of hydrogen-bond acceptors (Lipinski definition) is 8. The summed E-state index contributed by atoms with van der Waals surface area (Å²) in [5, 5.41) is 12.9. The number of carbonyl (C=O) groups excluding carboxylic acids is 3. The molecule has 0 radical (unpaired) electrons. The number of fused-ring (bicyclic) bond motifs is 5. The lowest BCUT2D eigenvalue weighted by molar-refractivity contribution is -0.141. The van der Waals surface area contributed by atoms with Gasteiger partial charge in [-0.1, -0.05) is 40.5 Å². The maximum Gasteiger partial charge on any atom is 0.408 e. The molecule has 2 aliphatic heterocycles. The summed E-state index contributed by atoms with van der Waals surface area (Å²) in [7, 11) is 0. The lowest BCUT2D eigenvalue weighted by Crippen LogP contribution is -2.57. The number of benzene rings is 1. The Kier molecular flexibility index (Phi) is 8.12. The minimum atomic E-state index is -0.886. The van der Waals surface area contributed by atoms with Crippen molar-refractivity contribution in [3.05, 3.63) is 23.9 Å². The van der Waals surface area contributed by atoms with E-state index >= 15 is 0 Å². The molecule has 10 heteroatoms. The van der Waals surface area contributed by atoms with Crippen molar-refractivity contribution in [2.45, 2.75) is 104 Å². The van der Waals surface area contributed by atoms with E-state index in [0.29, 0.717) is 35.7 Å². The standard InChI is InChI=1S/C31H42N4O6/c1-6-20-25-16-35(26(20)17(2)36)29(38)27(31(3,4)5)34-30(39)41-24-14-18(24)10-8-7-9-11-22-28(40-25)33-23-15-19(37)12-13-21(23)32-22/h12-13,15,18,20,24-27,37H,6-11,14,16H2,1-5H3,(H,34,39)/t18-,20-,24-,25+,26-,27-/m1/s1. The summed E-state index contributed by atoms with van der Waals surface area (Å²) in [5.74, 6) is 0.0660. The molecule has 41 heavy (non-hydrogen) atoms. The molecule has 222 valence electrons. The molecule has 10 nitrogen and oxygen atoms in total. The number of phenolic OH excluding ortho intramolecular Hbond substituents is 1. The number of rotatable bonds is 2. The summed E-state index contributed by atoms with van der Waals surface area (Å²) in [6, 6.07) is 3.31. The molecule has 1 saturated carbocycles. The summed E-state index contributed by atoms with van der Waals surface area (Å²) in [6.07, 6.45) is 4.75. The van der Waals surface area contributed by atoms with Gasteiger partial charge < -0.3 is 24.8 Å². The largest absolute Gasteiger partial charge is 0.508 e. The van der Waals surface area contributed by atoms with Crippen LogP contribution in [0, 0.1) is 17.3 Å². The number of carbonyl (C=O) groups is 3. The zero-order valence-electron chi connectivity index (χ0n) is 24.7. The highest BCUT2D eigenvalue weighted by molar-refractivity contribution is 5.92. The molecule has 1 aromatic carbocycles. The summed E-state index contributed by atoms with van der Waals surface area (Å²) in [6.45, 7) is 9.31. The molecule has 5 rings (SSSR count). The highest BCUT2D eigenvalue weighted by Crippen LogP contribution is 2.39.